The van der Waals surface area contributed by atoms with Crippen LogP contribution in [0.25, 0.3) is 0 Å². The molecule has 0 radical (unpaired) electrons. The van der Waals surface area contributed by atoms with Crippen LogP contribution in [0, 0.1) is 0 Å². The maximum Gasteiger partial charge on any atom is 0.320 e. The Morgan fingerprint density at radius 1 is 1.39 bits per heavy atom. The van der Waals surface area contributed by atoms with Crippen LogP contribution in [0.5, 0.6) is 0 Å². The van der Waals surface area contributed by atoms with Gasteiger partial charge < -0.3 is 10.4 Å². The number of rotatable bonds is 7. The van der Waals surface area contributed by atoms with Gasteiger partial charge in [-0.3, -0.25) is 4.79 Å². The Labute approximate surface area is 117 Å². The van der Waals surface area contributed by atoms with Crippen molar-refractivity contribution in [2.45, 2.75) is 37.2 Å². The zero-order valence-corrected chi connectivity index (χ0v) is 12.1. The molecule has 0 aromatic heterocycles. The molecule has 0 aliphatic rings. The third-order valence-corrected chi connectivity index (χ3v) is 3.62. The molecular formula is C13H18ClNO2S. The van der Waals surface area contributed by atoms with Gasteiger partial charge in [0, 0.05) is 21.7 Å². The normalized spacial score (nSPS) is 12.7. The predicted octanol–water partition coefficient (Wildman–Crippen LogP) is 3.27. The van der Waals surface area contributed by atoms with Crippen LogP contribution in [0.15, 0.2) is 29.2 Å². The van der Waals surface area contributed by atoms with Crippen LogP contribution in [0.4, 0.5) is 0 Å². The number of thioether (sulfide) groups is 1. The van der Waals surface area contributed by atoms with E-state index >= 15 is 0 Å². The molecule has 0 heterocycles. The standard InChI is InChI=1S/C13H18ClNO2S/c1-9(2)15-12(13(16)17)7-8-18-11-5-3-10(14)4-6-11/h3-6,9,12,15H,7-8H2,1-2H3,(H,16,17). The fourth-order valence-corrected chi connectivity index (χ4v) is 2.55. The zero-order chi connectivity index (χ0) is 13.5. The molecule has 1 aromatic rings. The molecule has 100 valence electrons. The Bertz CT molecular complexity index is 381. The smallest absolute Gasteiger partial charge is 0.320 e. The topological polar surface area (TPSA) is 49.3 Å². The summed E-state index contributed by atoms with van der Waals surface area (Å²) in [5.74, 6) is -0.0291. The minimum absolute atomic E-state index is 0.173. The second-order valence-electron chi connectivity index (χ2n) is 4.30. The van der Waals surface area contributed by atoms with Crippen LogP contribution in [0.2, 0.25) is 5.02 Å². The molecule has 5 heteroatoms. The third kappa shape index (κ3) is 5.76. The third-order valence-electron chi connectivity index (χ3n) is 2.32. The van der Waals surface area contributed by atoms with Gasteiger partial charge in [0.1, 0.15) is 6.04 Å². The first-order valence-corrected chi connectivity index (χ1v) is 7.22. The van der Waals surface area contributed by atoms with Gasteiger partial charge in [-0.25, -0.2) is 0 Å². The molecular weight excluding hydrogens is 270 g/mol. The van der Waals surface area contributed by atoms with E-state index in [0.717, 1.165) is 10.6 Å². The molecule has 18 heavy (non-hydrogen) atoms. The number of aliphatic carboxylic acids is 1. The minimum Gasteiger partial charge on any atom is -0.480 e. The molecule has 1 atom stereocenters. The first-order valence-electron chi connectivity index (χ1n) is 5.86. The molecule has 0 amide bonds. The van der Waals surface area contributed by atoms with Crippen molar-refractivity contribution in [3.63, 3.8) is 0 Å². The largest absolute Gasteiger partial charge is 0.480 e. The van der Waals surface area contributed by atoms with Crippen LogP contribution in [0.1, 0.15) is 20.3 Å². The fourth-order valence-electron chi connectivity index (χ4n) is 1.51. The Kier molecular flexibility index (Phi) is 6.54. The number of hydrogen-bond donors (Lipinski definition) is 2. The fraction of sp³-hybridized carbons (Fsp3) is 0.462. The first kappa shape index (κ1) is 15.3. The van der Waals surface area contributed by atoms with Gasteiger partial charge in [0.25, 0.3) is 0 Å². The number of carboxylic acids is 1. The zero-order valence-electron chi connectivity index (χ0n) is 10.5. The Morgan fingerprint density at radius 3 is 2.50 bits per heavy atom. The maximum atomic E-state index is 11.0. The summed E-state index contributed by atoms with van der Waals surface area (Å²) in [5.41, 5.74) is 0. The summed E-state index contributed by atoms with van der Waals surface area (Å²) in [6.45, 7) is 3.89. The van der Waals surface area contributed by atoms with Crippen LogP contribution >= 0.6 is 23.4 Å². The first-order chi connectivity index (χ1) is 8.49. The van der Waals surface area contributed by atoms with E-state index in [9.17, 15) is 4.79 Å². The monoisotopic (exact) mass is 287 g/mol. The molecule has 0 spiro atoms. The van der Waals surface area contributed by atoms with Crippen LogP contribution in [0.3, 0.4) is 0 Å². The highest BCUT2D eigenvalue weighted by molar-refractivity contribution is 7.99. The quantitative estimate of drug-likeness (QED) is 0.756. The van der Waals surface area contributed by atoms with Crippen LogP contribution < -0.4 is 5.32 Å². The lowest BCUT2D eigenvalue weighted by atomic mass is 10.2. The number of carbonyl (C=O) groups is 1. The summed E-state index contributed by atoms with van der Waals surface area (Å²) in [7, 11) is 0. The highest BCUT2D eigenvalue weighted by atomic mass is 35.5. The van der Waals surface area contributed by atoms with Crippen molar-refractivity contribution in [1.82, 2.24) is 5.32 Å². The average Bonchev–Trinajstić information content (AvgIpc) is 2.29. The van der Waals surface area contributed by atoms with E-state index in [2.05, 4.69) is 5.32 Å². The summed E-state index contributed by atoms with van der Waals surface area (Å²) >= 11 is 7.44. The molecule has 0 saturated carbocycles. The minimum atomic E-state index is -0.791. The van der Waals surface area contributed by atoms with Gasteiger partial charge in [-0.1, -0.05) is 25.4 Å². The van der Waals surface area contributed by atoms with Crippen molar-refractivity contribution in [2.75, 3.05) is 5.75 Å². The molecule has 0 aliphatic carbocycles. The van der Waals surface area contributed by atoms with Crippen molar-refractivity contribution in [2.24, 2.45) is 0 Å². The van der Waals surface area contributed by atoms with Crippen molar-refractivity contribution in [3.05, 3.63) is 29.3 Å². The number of carboxylic acid groups (broad SMARTS) is 1. The van der Waals surface area contributed by atoms with Gasteiger partial charge in [0.05, 0.1) is 0 Å². The Morgan fingerprint density at radius 2 is 2.00 bits per heavy atom. The van der Waals surface area contributed by atoms with E-state index in [1.807, 2.05) is 38.1 Å². The van der Waals surface area contributed by atoms with E-state index in [1.54, 1.807) is 11.8 Å². The molecule has 1 aromatic carbocycles. The average molecular weight is 288 g/mol. The number of hydrogen-bond acceptors (Lipinski definition) is 3. The molecule has 1 rings (SSSR count). The summed E-state index contributed by atoms with van der Waals surface area (Å²) in [4.78, 5) is 12.1. The highest BCUT2D eigenvalue weighted by Gasteiger charge is 2.17. The molecule has 0 saturated heterocycles. The van der Waals surface area contributed by atoms with Gasteiger partial charge in [0.2, 0.25) is 0 Å². The van der Waals surface area contributed by atoms with Crippen LogP contribution in [-0.4, -0.2) is 28.9 Å². The molecule has 0 aliphatic heterocycles. The lowest BCUT2D eigenvalue weighted by molar-refractivity contribution is -0.139. The molecule has 3 nitrogen and oxygen atoms in total. The Hall–Kier alpha value is -0.710. The second kappa shape index (κ2) is 7.67. The summed E-state index contributed by atoms with van der Waals surface area (Å²) in [6, 6.07) is 7.25. The van der Waals surface area contributed by atoms with Gasteiger partial charge in [-0.05, 0) is 30.7 Å². The van der Waals surface area contributed by atoms with Crippen molar-refractivity contribution in [3.8, 4) is 0 Å². The van der Waals surface area contributed by atoms with Crippen LogP contribution in [-0.2, 0) is 4.79 Å². The summed E-state index contributed by atoms with van der Waals surface area (Å²) < 4.78 is 0. The molecule has 0 fully saturated rings. The number of benzene rings is 1. The van der Waals surface area contributed by atoms with E-state index < -0.39 is 12.0 Å². The molecule has 0 bridgehead atoms. The summed E-state index contributed by atoms with van der Waals surface area (Å²) in [6.07, 6.45) is 0.598. The highest BCUT2D eigenvalue weighted by Crippen LogP contribution is 2.21. The van der Waals surface area contributed by atoms with Gasteiger partial charge in [-0.15, -0.1) is 11.8 Å². The van der Waals surface area contributed by atoms with Gasteiger partial charge in [-0.2, -0.15) is 0 Å². The van der Waals surface area contributed by atoms with Crippen molar-refractivity contribution < 1.29 is 9.90 Å². The predicted molar refractivity (Wildman–Crippen MR) is 76.5 cm³/mol. The van der Waals surface area contributed by atoms with E-state index in [1.165, 1.54) is 0 Å². The lowest BCUT2D eigenvalue weighted by Gasteiger charge is -2.16. The summed E-state index contributed by atoms with van der Waals surface area (Å²) in [5, 5.41) is 12.8. The number of halogens is 1. The van der Waals surface area contributed by atoms with E-state index in [4.69, 9.17) is 16.7 Å². The Balaban J connectivity index is 2.38. The van der Waals surface area contributed by atoms with Gasteiger partial charge >= 0.3 is 5.97 Å². The maximum absolute atomic E-state index is 11.0. The SMILES string of the molecule is CC(C)NC(CCSc1ccc(Cl)cc1)C(=O)O. The molecule has 2 N–H and O–H groups in total. The molecule has 1 unspecified atom stereocenters. The van der Waals surface area contributed by atoms with E-state index in [0.29, 0.717) is 11.4 Å². The number of nitrogens with one attached hydrogen (secondary N) is 1. The van der Waals surface area contributed by atoms with E-state index in [-0.39, 0.29) is 6.04 Å². The van der Waals surface area contributed by atoms with Crippen molar-refractivity contribution in [1.29, 1.82) is 0 Å². The van der Waals surface area contributed by atoms with Crippen molar-refractivity contribution >= 4 is 29.3 Å². The lowest BCUT2D eigenvalue weighted by Crippen LogP contribution is -2.41. The van der Waals surface area contributed by atoms with Gasteiger partial charge in [0.15, 0.2) is 0 Å². The second-order valence-corrected chi connectivity index (χ2v) is 5.91.